The highest BCUT2D eigenvalue weighted by Gasteiger charge is 2.07. The van der Waals surface area contributed by atoms with Crippen molar-refractivity contribution in [3.63, 3.8) is 0 Å². The van der Waals surface area contributed by atoms with Gasteiger partial charge in [0.05, 0.1) is 44.4 Å². The summed E-state index contributed by atoms with van der Waals surface area (Å²) in [6.45, 7) is 2.19. The number of hydrogen-bond acceptors (Lipinski definition) is 6. The maximum absolute atomic E-state index is 8.77. The van der Waals surface area contributed by atoms with Gasteiger partial charge in [-0.15, -0.1) is 0 Å². The van der Waals surface area contributed by atoms with E-state index in [1.807, 2.05) is 18.2 Å². The Bertz CT molecular complexity index is 282. The van der Waals surface area contributed by atoms with Crippen LogP contribution in [0, 0.1) is 34.0 Å². The van der Waals surface area contributed by atoms with Crippen LogP contribution in [-0.2, 0) is 0 Å². The molecule has 0 aromatic carbocycles. The summed E-state index contributed by atoms with van der Waals surface area (Å²) in [4.78, 5) is 3.48. The van der Waals surface area contributed by atoms with Gasteiger partial charge in [-0.05, 0) is 0 Å². The fraction of sp³-hybridized carbons (Fsp3) is 0.700. The van der Waals surface area contributed by atoms with E-state index in [0.29, 0.717) is 19.6 Å². The lowest BCUT2D eigenvalue weighted by molar-refractivity contribution is 0.191. The highest BCUT2D eigenvalue weighted by Crippen LogP contribution is 1.91. The lowest BCUT2D eigenvalue weighted by Gasteiger charge is -2.22. The molecule has 0 atom stereocenters. The van der Waals surface area contributed by atoms with Crippen LogP contribution in [-0.4, -0.2) is 60.8 Å². The first kappa shape index (κ1) is 14.3. The minimum Gasteiger partial charge on any atom is -0.395 e. The first-order valence-electron chi connectivity index (χ1n) is 4.95. The van der Waals surface area contributed by atoms with Gasteiger partial charge in [0, 0.05) is 19.6 Å². The van der Waals surface area contributed by atoms with Crippen molar-refractivity contribution in [2.75, 3.05) is 45.9 Å². The molecule has 0 heterocycles. The van der Waals surface area contributed by atoms with Crippen molar-refractivity contribution in [2.45, 2.75) is 0 Å². The fourth-order valence-electron chi connectivity index (χ4n) is 1.21. The van der Waals surface area contributed by atoms with Crippen LogP contribution in [0.2, 0.25) is 0 Å². The molecule has 0 saturated carbocycles. The van der Waals surface area contributed by atoms with Gasteiger partial charge < -0.3 is 5.11 Å². The summed E-state index contributed by atoms with van der Waals surface area (Å²) in [7, 11) is 0. The summed E-state index contributed by atoms with van der Waals surface area (Å²) in [6.07, 6.45) is 0. The maximum Gasteiger partial charge on any atom is 0.0874 e. The standard InChI is InChI=1S/C10H15N5O/c11-1-4-14(5-2-12)7-8-15(6-3-13)9-10-16/h16H,4-10H2. The van der Waals surface area contributed by atoms with Crippen LogP contribution in [0.1, 0.15) is 0 Å². The van der Waals surface area contributed by atoms with Crippen molar-refractivity contribution in [1.82, 2.24) is 9.80 Å². The Morgan fingerprint density at radius 2 is 1.19 bits per heavy atom. The molecule has 0 radical (unpaired) electrons. The summed E-state index contributed by atoms with van der Waals surface area (Å²) in [5.74, 6) is 0. The third-order valence-corrected chi connectivity index (χ3v) is 2.03. The fourth-order valence-corrected chi connectivity index (χ4v) is 1.21. The van der Waals surface area contributed by atoms with Crippen LogP contribution in [0.4, 0.5) is 0 Å². The number of nitriles is 3. The average molecular weight is 221 g/mol. The molecule has 0 bridgehead atoms. The molecular weight excluding hydrogens is 206 g/mol. The zero-order valence-corrected chi connectivity index (χ0v) is 9.13. The average Bonchev–Trinajstić information content (AvgIpc) is 2.27. The molecule has 0 rings (SSSR count). The Balaban J connectivity index is 4.00. The topological polar surface area (TPSA) is 98.1 Å². The molecule has 0 amide bonds. The SMILES string of the molecule is N#CCN(CC#N)CCN(CC#N)CCO. The lowest BCUT2D eigenvalue weighted by atomic mass is 10.4. The van der Waals surface area contributed by atoms with Gasteiger partial charge in [-0.2, -0.15) is 15.8 Å². The molecule has 0 aromatic heterocycles. The number of aliphatic hydroxyl groups is 1. The van der Waals surface area contributed by atoms with Gasteiger partial charge in [-0.1, -0.05) is 0 Å². The van der Waals surface area contributed by atoms with Gasteiger partial charge in [-0.3, -0.25) is 9.80 Å². The van der Waals surface area contributed by atoms with Gasteiger partial charge in [0.25, 0.3) is 0 Å². The Morgan fingerprint density at radius 3 is 1.62 bits per heavy atom. The Hall–Kier alpha value is -1.65. The van der Waals surface area contributed by atoms with Crippen molar-refractivity contribution in [3.05, 3.63) is 0 Å². The second kappa shape index (κ2) is 9.89. The molecule has 0 unspecified atom stereocenters. The van der Waals surface area contributed by atoms with Crippen LogP contribution >= 0.6 is 0 Å². The highest BCUT2D eigenvalue weighted by molar-refractivity contribution is 4.85. The van der Waals surface area contributed by atoms with Crippen LogP contribution in [0.25, 0.3) is 0 Å². The molecule has 0 aliphatic heterocycles. The smallest absolute Gasteiger partial charge is 0.0874 e. The largest absolute Gasteiger partial charge is 0.395 e. The van der Waals surface area contributed by atoms with E-state index in [4.69, 9.17) is 20.9 Å². The molecule has 0 saturated heterocycles. The zero-order chi connectivity index (χ0) is 12.2. The molecular formula is C10H15N5O. The van der Waals surface area contributed by atoms with Crippen molar-refractivity contribution in [1.29, 1.82) is 15.8 Å². The molecule has 16 heavy (non-hydrogen) atoms. The van der Waals surface area contributed by atoms with Crippen LogP contribution in [0.3, 0.4) is 0 Å². The minimum atomic E-state index is -0.00181. The lowest BCUT2D eigenvalue weighted by Crippen LogP contribution is -2.37. The predicted molar refractivity (Wildman–Crippen MR) is 56.8 cm³/mol. The second-order valence-electron chi connectivity index (χ2n) is 3.18. The van der Waals surface area contributed by atoms with Crippen molar-refractivity contribution in [3.8, 4) is 18.2 Å². The molecule has 0 aliphatic carbocycles. The summed E-state index contributed by atoms with van der Waals surface area (Å²) in [5, 5.41) is 34.4. The van der Waals surface area contributed by atoms with E-state index in [1.54, 1.807) is 9.80 Å². The Morgan fingerprint density at radius 1 is 0.750 bits per heavy atom. The monoisotopic (exact) mass is 221 g/mol. The number of hydrogen-bond donors (Lipinski definition) is 1. The van der Waals surface area contributed by atoms with Crippen LogP contribution in [0.15, 0.2) is 0 Å². The molecule has 0 aromatic rings. The number of rotatable bonds is 8. The number of nitrogens with zero attached hydrogens (tertiary/aromatic N) is 5. The molecule has 6 heteroatoms. The first-order chi connectivity index (χ1) is 7.78. The summed E-state index contributed by atoms with van der Waals surface area (Å²) in [5.41, 5.74) is 0. The van der Waals surface area contributed by atoms with Gasteiger partial charge in [-0.25, -0.2) is 0 Å². The zero-order valence-electron chi connectivity index (χ0n) is 9.13. The third-order valence-electron chi connectivity index (χ3n) is 2.03. The van der Waals surface area contributed by atoms with E-state index in [9.17, 15) is 0 Å². The van der Waals surface area contributed by atoms with E-state index in [-0.39, 0.29) is 26.2 Å². The molecule has 1 N–H and O–H groups in total. The van der Waals surface area contributed by atoms with Crippen LogP contribution < -0.4 is 0 Å². The van der Waals surface area contributed by atoms with Crippen molar-refractivity contribution < 1.29 is 5.11 Å². The normalized spacial score (nSPS) is 9.75. The van der Waals surface area contributed by atoms with E-state index < -0.39 is 0 Å². The predicted octanol–water partition coefficient (Wildman–Crippen LogP) is -0.847. The highest BCUT2D eigenvalue weighted by atomic mass is 16.3. The molecule has 0 spiro atoms. The molecule has 86 valence electrons. The third kappa shape index (κ3) is 6.75. The van der Waals surface area contributed by atoms with Gasteiger partial charge in [0.15, 0.2) is 0 Å². The van der Waals surface area contributed by atoms with Gasteiger partial charge >= 0.3 is 0 Å². The number of aliphatic hydroxyl groups excluding tert-OH is 1. The summed E-state index contributed by atoms with van der Waals surface area (Å²) < 4.78 is 0. The van der Waals surface area contributed by atoms with E-state index in [0.717, 1.165) is 0 Å². The molecule has 6 nitrogen and oxygen atoms in total. The Kier molecular flexibility index (Phi) is 8.87. The quantitative estimate of drug-likeness (QED) is 0.536. The van der Waals surface area contributed by atoms with E-state index >= 15 is 0 Å². The van der Waals surface area contributed by atoms with Gasteiger partial charge in [0.2, 0.25) is 0 Å². The van der Waals surface area contributed by atoms with Crippen LogP contribution in [0.5, 0.6) is 0 Å². The van der Waals surface area contributed by atoms with Crippen molar-refractivity contribution >= 4 is 0 Å². The molecule has 0 fully saturated rings. The minimum absolute atomic E-state index is 0.00181. The van der Waals surface area contributed by atoms with Gasteiger partial charge in [0.1, 0.15) is 0 Å². The Labute approximate surface area is 95.5 Å². The van der Waals surface area contributed by atoms with E-state index in [2.05, 4.69) is 0 Å². The van der Waals surface area contributed by atoms with Crippen molar-refractivity contribution in [2.24, 2.45) is 0 Å². The second-order valence-corrected chi connectivity index (χ2v) is 3.18. The summed E-state index contributed by atoms with van der Waals surface area (Å²) in [6, 6.07) is 5.97. The maximum atomic E-state index is 8.77. The van der Waals surface area contributed by atoms with E-state index in [1.165, 1.54) is 0 Å². The molecule has 0 aliphatic rings. The summed E-state index contributed by atoms with van der Waals surface area (Å²) >= 11 is 0. The first-order valence-corrected chi connectivity index (χ1v) is 4.95.